The quantitative estimate of drug-likeness (QED) is 0.685. The number of aromatic carboxylic acids is 1. The molecule has 0 aromatic carbocycles. The molecule has 0 atom stereocenters. The zero-order valence-corrected chi connectivity index (χ0v) is 7.84. The van der Waals surface area contributed by atoms with Gasteiger partial charge >= 0.3 is 5.97 Å². The summed E-state index contributed by atoms with van der Waals surface area (Å²) in [6.45, 7) is 2.24. The Morgan fingerprint density at radius 2 is 2.36 bits per heavy atom. The molecule has 1 aromatic heterocycles. The molecule has 5 heteroatoms. The summed E-state index contributed by atoms with van der Waals surface area (Å²) < 4.78 is 1.70. The van der Waals surface area contributed by atoms with E-state index in [0.29, 0.717) is 12.4 Å². The number of aryl methyl sites for hydroxylation is 1. The minimum Gasteiger partial charge on any atom is -0.476 e. The molecule has 1 aromatic rings. The number of hydrogen-bond acceptors (Lipinski definition) is 3. The molecule has 0 radical (unpaired) electrons. The van der Waals surface area contributed by atoms with Crippen LogP contribution < -0.4 is 0 Å². The number of imidazole rings is 1. The lowest BCUT2D eigenvalue weighted by Crippen LogP contribution is -1.96. The molecular weight excluding hydrogens is 184 g/mol. The van der Waals surface area contributed by atoms with Gasteiger partial charge in [-0.15, -0.1) is 0 Å². The maximum Gasteiger partial charge on any atom is 0.356 e. The van der Waals surface area contributed by atoms with Crippen LogP contribution in [0.25, 0.3) is 0 Å². The molecule has 14 heavy (non-hydrogen) atoms. The summed E-state index contributed by atoms with van der Waals surface area (Å²) in [5, 5.41) is 17.2. The summed E-state index contributed by atoms with van der Waals surface area (Å²) >= 11 is 0. The molecule has 0 aliphatic rings. The van der Waals surface area contributed by atoms with E-state index in [1.165, 1.54) is 6.20 Å². The Morgan fingerprint density at radius 3 is 2.86 bits per heavy atom. The number of rotatable bonds is 4. The van der Waals surface area contributed by atoms with Crippen molar-refractivity contribution < 1.29 is 15.0 Å². The van der Waals surface area contributed by atoms with Crippen LogP contribution in [0, 0.1) is 6.92 Å². The van der Waals surface area contributed by atoms with Gasteiger partial charge in [-0.3, -0.25) is 0 Å². The number of carboxylic acids is 1. The van der Waals surface area contributed by atoms with Gasteiger partial charge in [0.1, 0.15) is 5.82 Å². The van der Waals surface area contributed by atoms with Crippen LogP contribution in [-0.4, -0.2) is 32.3 Å². The van der Waals surface area contributed by atoms with E-state index in [9.17, 15) is 4.79 Å². The predicted octanol–water partition coefficient (Wildman–Crippen LogP) is 0.438. The van der Waals surface area contributed by atoms with Crippen LogP contribution in [0.5, 0.6) is 0 Å². The average Bonchev–Trinajstić information content (AvgIpc) is 2.49. The van der Waals surface area contributed by atoms with Crippen LogP contribution in [0.4, 0.5) is 0 Å². The summed E-state index contributed by atoms with van der Waals surface area (Å²) in [6.07, 6.45) is 4.82. The van der Waals surface area contributed by atoms with E-state index in [4.69, 9.17) is 10.2 Å². The standard InChI is InChI=1S/C9H12N2O3/c1-7-10-8(9(13)14)6-11(7)4-2-3-5-12/h2-3,6,12H,4-5H2,1H3,(H,13,14)/b3-2-. The zero-order valence-electron chi connectivity index (χ0n) is 7.84. The van der Waals surface area contributed by atoms with Crippen molar-refractivity contribution in [2.45, 2.75) is 13.5 Å². The van der Waals surface area contributed by atoms with E-state index in [2.05, 4.69) is 4.98 Å². The lowest BCUT2D eigenvalue weighted by molar-refractivity contribution is 0.0691. The van der Waals surface area contributed by atoms with Crippen LogP contribution in [0.1, 0.15) is 16.3 Å². The molecule has 5 nitrogen and oxygen atoms in total. The van der Waals surface area contributed by atoms with Crippen molar-refractivity contribution in [2.75, 3.05) is 6.61 Å². The van der Waals surface area contributed by atoms with Crippen molar-refractivity contribution in [3.63, 3.8) is 0 Å². The molecule has 0 unspecified atom stereocenters. The molecule has 1 rings (SSSR count). The smallest absolute Gasteiger partial charge is 0.356 e. The highest BCUT2D eigenvalue weighted by Gasteiger charge is 2.08. The van der Waals surface area contributed by atoms with E-state index in [0.717, 1.165) is 0 Å². The van der Waals surface area contributed by atoms with Gasteiger partial charge < -0.3 is 14.8 Å². The molecular formula is C9H12N2O3. The summed E-state index contributed by atoms with van der Waals surface area (Å²) in [5.41, 5.74) is 0.0416. The van der Waals surface area contributed by atoms with Crippen LogP contribution in [0.3, 0.4) is 0 Å². The van der Waals surface area contributed by atoms with Crippen molar-refractivity contribution in [3.05, 3.63) is 29.9 Å². The number of aromatic nitrogens is 2. The van der Waals surface area contributed by atoms with E-state index < -0.39 is 5.97 Å². The number of allylic oxidation sites excluding steroid dienone is 1. The Bertz CT molecular complexity index is 355. The first kappa shape index (κ1) is 10.5. The monoisotopic (exact) mass is 196 g/mol. The van der Waals surface area contributed by atoms with Crippen molar-refractivity contribution >= 4 is 5.97 Å². The Balaban J connectivity index is 2.77. The molecule has 0 spiro atoms. The lowest BCUT2D eigenvalue weighted by Gasteiger charge is -1.97. The van der Waals surface area contributed by atoms with Gasteiger partial charge in [0, 0.05) is 12.7 Å². The second-order valence-corrected chi connectivity index (χ2v) is 2.78. The first-order chi connectivity index (χ1) is 6.65. The second kappa shape index (κ2) is 4.57. The van der Waals surface area contributed by atoms with Crippen molar-refractivity contribution in [1.29, 1.82) is 0 Å². The lowest BCUT2D eigenvalue weighted by atomic mass is 10.4. The highest BCUT2D eigenvalue weighted by molar-refractivity contribution is 5.85. The Hall–Kier alpha value is -1.62. The molecule has 0 amide bonds. The molecule has 0 saturated carbocycles. The van der Waals surface area contributed by atoms with Crippen LogP contribution >= 0.6 is 0 Å². The van der Waals surface area contributed by atoms with Crippen molar-refractivity contribution in [2.24, 2.45) is 0 Å². The largest absolute Gasteiger partial charge is 0.476 e. The highest BCUT2D eigenvalue weighted by Crippen LogP contribution is 2.02. The molecule has 0 fully saturated rings. The van der Waals surface area contributed by atoms with Crippen LogP contribution in [-0.2, 0) is 6.54 Å². The molecule has 76 valence electrons. The number of hydrogen-bond donors (Lipinski definition) is 2. The van der Waals surface area contributed by atoms with Gasteiger partial charge in [-0.05, 0) is 6.92 Å². The number of carboxylic acid groups (broad SMARTS) is 1. The molecule has 1 heterocycles. The van der Waals surface area contributed by atoms with Crippen molar-refractivity contribution in [3.8, 4) is 0 Å². The first-order valence-corrected chi connectivity index (χ1v) is 4.18. The summed E-state index contributed by atoms with van der Waals surface area (Å²) in [4.78, 5) is 14.4. The SMILES string of the molecule is Cc1nc(C(=O)O)cn1C/C=C\CO. The second-order valence-electron chi connectivity index (χ2n) is 2.78. The first-order valence-electron chi connectivity index (χ1n) is 4.18. The van der Waals surface area contributed by atoms with Gasteiger partial charge in [-0.2, -0.15) is 0 Å². The maximum absolute atomic E-state index is 10.6. The average molecular weight is 196 g/mol. The molecule has 0 aliphatic heterocycles. The molecule has 0 bridgehead atoms. The maximum atomic E-state index is 10.6. The van der Waals surface area contributed by atoms with Crippen LogP contribution in [0.2, 0.25) is 0 Å². The highest BCUT2D eigenvalue weighted by atomic mass is 16.4. The summed E-state index contributed by atoms with van der Waals surface area (Å²) in [5.74, 6) is -0.386. The number of nitrogens with zero attached hydrogens (tertiary/aromatic N) is 2. The molecule has 0 aliphatic carbocycles. The normalized spacial score (nSPS) is 11.0. The molecule has 2 N–H and O–H groups in total. The third kappa shape index (κ3) is 2.43. The van der Waals surface area contributed by atoms with Gasteiger partial charge in [0.15, 0.2) is 5.69 Å². The van der Waals surface area contributed by atoms with Gasteiger partial charge in [0.2, 0.25) is 0 Å². The third-order valence-electron chi connectivity index (χ3n) is 1.77. The molecule has 0 saturated heterocycles. The minimum atomic E-state index is -1.03. The Morgan fingerprint density at radius 1 is 1.64 bits per heavy atom. The van der Waals surface area contributed by atoms with Gasteiger partial charge in [-0.25, -0.2) is 9.78 Å². The van der Waals surface area contributed by atoms with Crippen molar-refractivity contribution in [1.82, 2.24) is 9.55 Å². The fourth-order valence-electron chi connectivity index (χ4n) is 1.06. The Labute approximate surface area is 81.3 Å². The third-order valence-corrected chi connectivity index (χ3v) is 1.77. The zero-order chi connectivity index (χ0) is 10.6. The van der Waals surface area contributed by atoms with E-state index in [1.54, 1.807) is 23.6 Å². The fourth-order valence-corrected chi connectivity index (χ4v) is 1.06. The summed E-state index contributed by atoms with van der Waals surface area (Å²) in [7, 11) is 0. The van der Waals surface area contributed by atoms with Gasteiger partial charge in [-0.1, -0.05) is 12.2 Å². The topological polar surface area (TPSA) is 75.3 Å². The number of aliphatic hydroxyl groups excluding tert-OH is 1. The number of aliphatic hydroxyl groups is 1. The fraction of sp³-hybridized carbons (Fsp3) is 0.333. The minimum absolute atomic E-state index is 0.0144. The number of carbonyl (C=O) groups is 1. The van der Waals surface area contributed by atoms with Gasteiger partial charge in [0.25, 0.3) is 0 Å². The Kier molecular flexibility index (Phi) is 3.41. The van der Waals surface area contributed by atoms with Crippen LogP contribution in [0.15, 0.2) is 18.3 Å². The summed E-state index contributed by atoms with van der Waals surface area (Å²) in [6, 6.07) is 0. The van der Waals surface area contributed by atoms with Gasteiger partial charge in [0.05, 0.1) is 6.61 Å². The predicted molar refractivity (Wildman–Crippen MR) is 50.1 cm³/mol. The van der Waals surface area contributed by atoms with E-state index in [-0.39, 0.29) is 12.3 Å². The van der Waals surface area contributed by atoms with E-state index in [1.807, 2.05) is 0 Å². The van der Waals surface area contributed by atoms with E-state index >= 15 is 0 Å².